The fraction of sp³-hybridized carbons (Fsp3) is 0.737. The summed E-state index contributed by atoms with van der Waals surface area (Å²) in [6.45, 7) is 2.45. The van der Waals surface area contributed by atoms with Crippen molar-refractivity contribution in [1.29, 1.82) is 0 Å². The lowest BCUT2D eigenvalue weighted by molar-refractivity contribution is -0.130. The Morgan fingerprint density at radius 3 is 2.65 bits per heavy atom. The summed E-state index contributed by atoms with van der Waals surface area (Å²) in [5.74, 6) is -0.0599. The summed E-state index contributed by atoms with van der Waals surface area (Å²) in [5, 5.41) is 7.37. The van der Waals surface area contributed by atoms with E-state index >= 15 is 0 Å². The number of hydrogen-bond acceptors (Lipinski definition) is 4. The first-order valence-electron chi connectivity index (χ1n) is 9.74. The van der Waals surface area contributed by atoms with Gasteiger partial charge in [-0.25, -0.2) is 0 Å². The second-order valence-corrected chi connectivity index (χ2v) is 8.04. The minimum Gasteiger partial charge on any atom is -0.381 e. The number of nitrogens with zero attached hydrogens (tertiary/aromatic N) is 3. The lowest BCUT2D eigenvalue weighted by atomic mass is 9.71. The maximum Gasteiger partial charge on any atom is 0.272 e. The number of aryl methyl sites for hydroxylation is 1. The van der Waals surface area contributed by atoms with Crippen LogP contribution < -0.4 is 5.32 Å². The Morgan fingerprint density at radius 2 is 2.00 bits per heavy atom. The molecule has 1 aromatic rings. The molecular weight excluding hydrogens is 332 g/mol. The van der Waals surface area contributed by atoms with Crippen LogP contribution in [0.3, 0.4) is 0 Å². The fourth-order valence-corrected chi connectivity index (χ4v) is 4.89. The van der Waals surface area contributed by atoms with Crippen molar-refractivity contribution < 1.29 is 14.3 Å². The lowest BCUT2D eigenvalue weighted by Crippen LogP contribution is -2.46. The van der Waals surface area contributed by atoms with Gasteiger partial charge in [-0.3, -0.25) is 14.3 Å². The average molecular weight is 360 g/mol. The first kappa shape index (κ1) is 17.5. The van der Waals surface area contributed by atoms with Crippen LogP contribution in [0.2, 0.25) is 0 Å². The third-order valence-electron chi connectivity index (χ3n) is 6.48. The zero-order valence-electron chi connectivity index (χ0n) is 15.4. The van der Waals surface area contributed by atoms with Gasteiger partial charge in [0.15, 0.2) is 0 Å². The van der Waals surface area contributed by atoms with Crippen LogP contribution in [-0.2, 0) is 16.6 Å². The number of rotatable bonds is 3. The number of amides is 2. The van der Waals surface area contributed by atoms with Crippen molar-refractivity contribution in [3.05, 3.63) is 18.0 Å². The minimum atomic E-state index is -0.158. The number of nitrogens with one attached hydrogen (secondary N) is 1. The van der Waals surface area contributed by atoms with Crippen molar-refractivity contribution in [2.45, 2.75) is 44.6 Å². The molecule has 3 aliphatic rings. The van der Waals surface area contributed by atoms with Crippen molar-refractivity contribution in [1.82, 2.24) is 20.0 Å². The van der Waals surface area contributed by atoms with E-state index in [-0.39, 0.29) is 23.1 Å². The molecule has 26 heavy (non-hydrogen) atoms. The maximum absolute atomic E-state index is 13.1. The van der Waals surface area contributed by atoms with E-state index in [0.29, 0.717) is 38.0 Å². The highest BCUT2D eigenvalue weighted by atomic mass is 16.5. The Hall–Kier alpha value is -1.89. The van der Waals surface area contributed by atoms with Crippen molar-refractivity contribution in [3.8, 4) is 0 Å². The van der Waals surface area contributed by atoms with E-state index in [1.165, 1.54) is 12.8 Å². The molecule has 0 aromatic carbocycles. The summed E-state index contributed by atoms with van der Waals surface area (Å²) >= 11 is 0. The SMILES string of the molecule is Cn1nccc1C(=O)N1CC(C(=O)NC2CCCC2)C2(CCOCC2)C1. The second-order valence-electron chi connectivity index (χ2n) is 8.04. The quantitative estimate of drug-likeness (QED) is 0.883. The zero-order valence-corrected chi connectivity index (χ0v) is 15.4. The summed E-state index contributed by atoms with van der Waals surface area (Å²) in [5.41, 5.74) is 0.416. The third kappa shape index (κ3) is 3.13. The Kier molecular flexibility index (Phi) is 4.73. The molecule has 3 heterocycles. The summed E-state index contributed by atoms with van der Waals surface area (Å²) in [4.78, 5) is 27.9. The standard InChI is InChI=1S/C19H28N4O3/c1-22-16(6-9-20-22)18(25)23-12-15(17(24)21-14-4-2-3-5-14)19(13-23)7-10-26-11-8-19/h6,9,14-15H,2-5,7-8,10-13H2,1H3,(H,21,24). The van der Waals surface area contributed by atoms with Crippen LogP contribution in [0.4, 0.5) is 0 Å². The molecule has 2 saturated heterocycles. The van der Waals surface area contributed by atoms with Crippen LogP contribution in [0.5, 0.6) is 0 Å². The third-order valence-corrected chi connectivity index (χ3v) is 6.48. The molecule has 1 atom stereocenters. The zero-order chi connectivity index (χ0) is 18.1. The van der Waals surface area contributed by atoms with E-state index < -0.39 is 0 Å². The summed E-state index contributed by atoms with van der Waals surface area (Å²) in [6.07, 6.45) is 7.85. The van der Waals surface area contributed by atoms with Gasteiger partial charge >= 0.3 is 0 Å². The Morgan fingerprint density at radius 1 is 1.27 bits per heavy atom. The molecule has 4 rings (SSSR count). The highest BCUT2D eigenvalue weighted by Crippen LogP contribution is 2.45. The van der Waals surface area contributed by atoms with Crippen LogP contribution in [0, 0.1) is 11.3 Å². The van der Waals surface area contributed by atoms with Crippen LogP contribution in [-0.4, -0.2) is 58.8 Å². The van der Waals surface area contributed by atoms with E-state index in [1.54, 1.807) is 24.0 Å². The van der Waals surface area contributed by atoms with Gasteiger partial charge in [0.25, 0.3) is 5.91 Å². The van der Waals surface area contributed by atoms with E-state index in [9.17, 15) is 9.59 Å². The van der Waals surface area contributed by atoms with Gasteiger partial charge in [-0.1, -0.05) is 12.8 Å². The molecule has 1 saturated carbocycles. The molecule has 1 spiro atoms. The molecule has 1 N–H and O–H groups in total. The molecular formula is C19H28N4O3. The summed E-state index contributed by atoms with van der Waals surface area (Å²) in [6, 6.07) is 2.05. The lowest BCUT2D eigenvalue weighted by Gasteiger charge is -2.37. The maximum atomic E-state index is 13.1. The molecule has 7 heteroatoms. The monoisotopic (exact) mass is 360 g/mol. The topological polar surface area (TPSA) is 76.5 Å². The number of ether oxygens (including phenoxy) is 1. The van der Waals surface area contributed by atoms with Gasteiger partial charge in [0.05, 0.1) is 5.92 Å². The number of carbonyl (C=O) groups is 2. The van der Waals surface area contributed by atoms with Gasteiger partial charge in [0.1, 0.15) is 5.69 Å². The van der Waals surface area contributed by atoms with Crippen LogP contribution in [0.15, 0.2) is 12.3 Å². The van der Waals surface area contributed by atoms with Crippen molar-refractivity contribution in [3.63, 3.8) is 0 Å². The first-order valence-corrected chi connectivity index (χ1v) is 9.74. The normalized spacial score (nSPS) is 25.7. The van der Waals surface area contributed by atoms with Gasteiger partial charge < -0.3 is 15.0 Å². The first-order chi connectivity index (χ1) is 12.6. The molecule has 0 bridgehead atoms. The van der Waals surface area contributed by atoms with E-state index in [0.717, 1.165) is 25.7 Å². The van der Waals surface area contributed by atoms with Gasteiger partial charge in [0.2, 0.25) is 5.91 Å². The van der Waals surface area contributed by atoms with Crippen molar-refractivity contribution in [2.24, 2.45) is 18.4 Å². The largest absolute Gasteiger partial charge is 0.381 e. The number of carbonyl (C=O) groups excluding carboxylic acids is 2. The van der Waals surface area contributed by atoms with Gasteiger partial charge in [0, 0.05) is 51.0 Å². The molecule has 2 amide bonds. The van der Waals surface area contributed by atoms with Gasteiger partial charge in [-0.15, -0.1) is 0 Å². The molecule has 1 unspecified atom stereocenters. The van der Waals surface area contributed by atoms with Crippen LogP contribution >= 0.6 is 0 Å². The number of hydrogen-bond donors (Lipinski definition) is 1. The molecule has 142 valence electrons. The molecule has 2 aliphatic heterocycles. The van der Waals surface area contributed by atoms with Crippen LogP contribution in [0.25, 0.3) is 0 Å². The van der Waals surface area contributed by atoms with E-state index in [1.807, 2.05) is 4.90 Å². The number of aromatic nitrogens is 2. The summed E-state index contributed by atoms with van der Waals surface area (Å²) in [7, 11) is 1.78. The van der Waals surface area contributed by atoms with Crippen molar-refractivity contribution >= 4 is 11.8 Å². The molecule has 7 nitrogen and oxygen atoms in total. The Balaban J connectivity index is 1.53. The van der Waals surface area contributed by atoms with Gasteiger partial charge in [-0.05, 0) is 31.7 Å². The molecule has 0 radical (unpaired) electrons. The fourth-order valence-electron chi connectivity index (χ4n) is 4.89. The predicted octanol–water partition coefficient (Wildman–Crippen LogP) is 1.35. The highest BCUT2D eigenvalue weighted by molar-refractivity contribution is 5.93. The molecule has 1 aromatic heterocycles. The number of likely N-dealkylation sites (tertiary alicyclic amines) is 1. The summed E-state index contributed by atoms with van der Waals surface area (Å²) < 4.78 is 7.16. The van der Waals surface area contributed by atoms with Crippen molar-refractivity contribution in [2.75, 3.05) is 26.3 Å². The van der Waals surface area contributed by atoms with Gasteiger partial charge in [-0.2, -0.15) is 5.10 Å². The Labute approximate surface area is 154 Å². The second kappa shape index (κ2) is 7.02. The smallest absolute Gasteiger partial charge is 0.272 e. The van der Waals surface area contributed by atoms with E-state index in [2.05, 4.69) is 10.4 Å². The van der Waals surface area contributed by atoms with Crippen LogP contribution in [0.1, 0.15) is 49.0 Å². The predicted molar refractivity (Wildman–Crippen MR) is 95.5 cm³/mol. The minimum absolute atomic E-state index is 0.0352. The molecule has 3 fully saturated rings. The molecule has 1 aliphatic carbocycles. The average Bonchev–Trinajstić information content (AvgIpc) is 3.36. The Bertz CT molecular complexity index is 674. The highest BCUT2D eigenvalue weighted by Gasteiger charge is 2.52. The van der Waals surface area contributed by atoms with E-state index in [4.69, 9.17) is 4.74 Å².